The fraction of sp³-hybridized carbons (Fsp3) is 0.188. The summed E-state index contributed by atoms with van der Waals surface area (Å²) in [6.45, 7) is 2.13. The van der Waals surface area contributed by atoms with Gasteiger partial charge < -0.3 is 10.6 Å². The highest BCUT2D eigenvalue weighted by Crippen LogP contribution is 2.18. The van der Waals surface area contributed by atoms with Gasteiger partial charge in [-0.25, -0.2) is 0 Å². The van der Waals surface area contributed by atoms with Gasteiger partial charge >= 0.3 is 0 Å². The van der Waals surface area contributed by atoms with E-state index in [0.717, 1.165) is 12.1 Å². The van der Waals surface area contributed by atoms with Crippen molar-refractivity contribution in [3.05, 3.63) is 65.2 Å². The molecule has 0 saturated heterocycles. The zero-order valence-corrected chi connectivity index (χ0v) is 12.8. The third kappa shape index (κ3) is 4.22. The predicted octanol–water partition coefficient (Wildman–Crippen LogP) is 4.78. The van der Waals surface area contributed by atoms with E-state index in [0.29, 0.717) is 10.1 Å². The SMILES string of the molecule is CCC(NC(=S)Nc1cccc(Cl)c1)c1ccccc1. The van der Waals surface area contributed by atoms with Crippen LogP contribution in [0.5, 0.6) is 0 Å². The Bertz CT molecular complexity index is 572. The number of benzene rings is 2. The van der Waals surface area contributed by atoms with Crippen molar-refractivity contribution in [2.24, 2.45) is 0 Å². The van der Waals surface area contributed by atoms with E-state index in [9.17, 15) is 0 Å². The molecule has 0 radical (unpaired) electrons. The molecule has 0 fully saturated rings. The number of halogens is 1. The van der Waals surface area contributed by atoms with E-state index < -0.39 is 0 Å². The summed E-state index contributed by atoms with van der Waals surface area (Å²) in [5.41, 5.74) is 2.11. The number of hydrogen-bond donors (Lipinski definition) is 2. The molecule has 0 amide bonds. The molecule has 2 rings (SSSR count). The van der Waals surface area contributed by atoms with Gasteiger partial charge in [-0.1, -0.05) is 54.9 Å². The second-order valence-corrected chi connectivity index (χ2v) is 5.33. The number of anilines is 1. The Balaban J connectivity index is 2.00. The number of thiocarbonyl (C=S) groups is 1. The molecule has 2 aromatic carbocycles. The summed E-state index contributed by atoms with van der Waals surface area (Å²) in [5, 5.41) is 7.77. The molecule has 2 aromatic rings. The minimum Gasteiger partial charge on any atom is -0.356 e. The Morgan fingerprint density at radius 2 is 1.90 bits per heavy atom. The summed E-state index contributed by atoms with van der Waals surface area (Å²) in [4.78, 5) is 0. The molecular weight excluding hydrogens is 288 g/mol. The van der Waals surface area contributed by atoms with Gasteiger partial charge in [-0.3, -0.25) is 0 Å². The summed E-state index contributed by atoms with van der Waals surface area (Å²) in [7, 11) is 0. The van der Waals surface area contributed by atoms with E-state index in [1.54, 1.807) is 0 Å². The molecule has 20 heavy (non-hydrogen) atoms. The lowest BCUT2D eigenvalue weighted by molar-refractivity contribution is 0.629. The van der Waals surface area contributed by atoms with Crippen molar-refractivity contribution >= 4 is 34.6 Å². The van der Waals surface area contributed by atoms with Gasteiger partial charge in [0.1, 0.15) is 0 Å². The first-order valence-electron chi connectivity index (χ1n) is 6.57. The largest absolute Gasteiger partial charge is 0.356 e. The molecule has 2 nitrogen and oxygen atoms in total. The molecule has 2 N–H and O–H groups in total. The molecule has 1 atom stereocenters. The maximum absolute atomic E-state index is 5.95. The maximum Gasteiger partial charge on any atom is 0.171 e. The van der Waals surface area contributed by atoms with Gasteiger partial charge in [0.05, 0.1) is 6.04 Å². The number of nitrogens with one attached hydrogen (secondary N) is 2. The van der Waals surface area contributed by atoms with Crippen LogP contribution >= 0.6 is 23.8 Å². The summed E-state index contributed by atoms with van der Waals surface area (Å²) in [6.07, 6.45) is 0.960. The second kappa shape index (κ2) is 7.27. The molecule has 0 heterocycles. The van der Waals surface area contributed by atoms with Crippen LogP contribution in [0.1, 0.15) is 24.9 Å². The normalized spacial score (nSPS) is 11.7. The average Bonchev–Trinajstić information content (AvgIpc) is 2.45. The predicted molar refractivity (Wildman–Crippen MR) is 90.3 cm³/mol. The molecular formula is C16H17ClN2S. The van der Waals surface area contributed by atoms with Gasteiger partial charge in [-0.05, 0) is 42.4 Å². The van der Waals surface area contributed by atoms with Crippen molar-refractivity contribution in [3.8, 4) is 0 Å². The van der Waals surface area contributed by atoms with E-state index in [-0.39, 0.29) is 6.04 Å². The number of hydrogen-bond acceptors (Lipinski definition) is 1. The highest BCUT2D eigenvalue weighted by molar-refractivity contribution is 7.80. The summed E-state index contributed by atoms with van der Waals surface area (Å²) in [6, 6.07) is 18.0. The highest BCUT2D eigenvalue weighted by Gasteiger charge is 2.10. The molecule has 4 heteroatoms. The molecule has 0 spiro atoms. The molecule has 0 saturated carbocycles. The lowest BCUT2D eigenvalue weighted by Gasteiger charge is -2.20. The zero-order valence-electron chi connectivity index (χ0n) is 11.3. The first kappa shape index (κ1) is 14.8. The van der Waals surface area contributed by atoms with Gasteiger partial charge in [0.25, 0.3) is 0 Å². The van der Waals surface area contributed by atoms with Crippen LogP contribution < -0.4 is 10.6 Å². The van der Waals surface area contributed by atoms with E-state index in [4.69, 9.17) is 23.8 Å². The Morgan fingerprint density at radius 1 is 1.15 bits per heavy atom. The molecule has 104 valence electrons. The van der Waals surface area contributed by atoms with Gasteiger partial charge in [-0.2, -0.15) is 0 Å². The lowest BCUT2D eigenvalue weighted by Crippen LogP contribution is -2.32. The van der Waals surface area contributed by atoms with Gasteiger partial charge in [0.15, 0.2) is 5.11 Å². The lowest BCUT2D eigenvalue weighted by atomic mass is 10.1. The summed E-state index contributed by atoms with van der Waals surface area (Å²) in [5.74, 6) is 0. The van der Waals surface area contributed by atoms with Crippen LogP contribution in [0.3, 0.4) is 0 Å². The molecule has 0 aliphatic carbocycles. The minimum atomic E-state index is 0.204. The molecule has 1 unspecified atom stereocenters. The molecule has 0 aliphatic rings. The van der Waals surface area contributed by atoms with Crippen LogP contribution in [0, 0.1) is 0 Å². The smallest absolute Gasteiger partial charge is 0.171 e. The van der Waals surface area contributed by atoms with Crippen LogP contribution in [0.25, 0.3) is 0 Å². The third-order valence-corrected chi connectivity index (χ3v) is 3.45. The van der Waals surface area contributed by atoms with Gasteiger partial charge in [-0.15, -0.1) is 0 Å². The Kier molecular flexibility index (Phi) is 5.39. The highest BCUT2D eigenvalue weighted by atomic mass is 35.5. The monoisotopic (exact) mass is 304 g/mol. The van der Waals surface area contributed by atoms with Crippen LogP contribution in [-0.4, -0.2) is 5.11 Å². The number of rotatable bonds is 4. The van der Waals surface area contributed by atoms with E-state index in [1.807, 2.05) is 42.5 Å². The first-order chi connectivity index (χ1) is 9.69. The molecule has 0 aliphatic heterocycles. The standard InChI is InChI=1S/C16H17ClN2S/c1-2-15(12-7-4-3-5-8-12)19-16(20)18-14-10-6-9-13(17)11-14/h3-11,15H,2H2,1H3,(H2,18,19,20). The van der Waals surface area contributed by atoms with Crippen molar-refractivity contribution < 1.29 is 0 Å². The Labute approximate surface area is 130 Å². The van der Waals surface area contributed by atoms with E-state index in [1.165, 1.54) is 5.56 Å². The van der Waals surface area contributed by atoms with Crippen LogP contribution in [0.15, 0.2) is 54.6 Å². The topological polar surface area (TPSA) is 24.1 Å². The molecule has 0 aromatic heterocycles. The second-order valence-electron chi connectivity index (χ2n) is 4.48. The minimum absolute atomic E-state index is 0.204. The summed E-state index contributed by atoms with van der Waals surface area (Å²) >= 11 is 11.3. The fourth-order valence-electron chi connectivity index (χ4n) is 2.00. The van der Waals surface area contributed by atoms with Gasteiger partial charge in [0.2, 0.25) is 0 Å². The van der Waals surface area contributed by atoms with Crippen LogP contribution in [0.4, 0.5) is 5.69 Å². The first-order valence-corrected chi connectivity index (χ1v) is 7.35. The Hall–Kier alpha value is -1.58. The van der Waals surface area contributed by atoms with Crippen LogP contribution in [0.2, 0.25) is 5.02 Å². The summed E-state index contributed by atoms with van der Waals surface area (Å²) < 4.78 is 0. The third-order valence-electron chi connectivity index (χ3n) is 3.00. The van der Waals surface area contributed by atoms with Crippen molar-refractivity contribution in [1.29, 1.82) is 0 Å². The quantitative estimate of drug-likeness (QED) is 0.795. The maximum atomic E-state index is 5.95. The van der Waals surface area contributed by atoms with Crippen molar-refractivity contribution in [2.75, 3.05) is 5.32 Å². The Morgan fingerprint density at radius 3 is 2.55 bits per heavy atom. The van der Waals surface area contributed by atoms with Crippen LogP contribution in [-0.2, 0) is 0 Å². The molecule has 0 bridgehead atoms. The average molecular weight is 305 g/mol. The van der Waals surface area contributed by atoms with E-state index >= 15 is 0 Å². The van der Waals surface area contributed by atoms with Gasteiger partial charge in [0, 0.05) is 10.7 Å². The zero-order chi connectivity index (χ0) is 14.4. The fourth-order valence-corrected chi connectivity index (χ4v) is 2.45. The van der Waals surface area contributed by atoms with Crippen molar-refractivity contribution in [3.63, 3.8) is 0 Å². The van der Waals surface area contributed by atoms with Crippen molar-refractivity contribution in [1.82, 2.24) is 5.32 Å². The van der Waals surface area contributed by atoms with E-state index in [2.05, 4.69) is 29.7 Å². The van der Waals surface area contributed by atoms with Crippen molar-refractivity contribution in [2.45, 2.75) is 19.4 Å².